The van der Waals surface area contributed by atoms with Crippen LogP contribution in [-0.2, 0) is 6.54 Å². The smallest absolute Gasteiger partial charge is 0.165 e. The van der Waals surface area contributed by atoms with Crippen molar-refractivity contribution in [2.24, 2.45) is 5.92 Å². The van der Waals surface area contributed by atoms with E-state index < -0.39 is 0 Å². The van der Waals surface area contributed by atoms with Crippen molar-refractivity contribution in [3.8, 4) is 11.4 Å². The van der Waals surface area contributed by atoms with Crippen LogP contribution in [0.2, 0.25) is 0 Å². The lowest BCUT2D eigenvalue weighted by Gasteiger charge is -2.08. The lowest BCUT2D eigenvalue weighted by atomic mass is 10.2. The van der Waals surface area contributed by atoms with E-state index in [2.05, 4.69) is 29.0 Å². The van der Waals surface area contributed by atoms with Crippen molar-refractivity contribution in [3.63, 3.8) is 0 Å². The van der Waals surface area contributed by atoms with Crippen LogP contribution in [0.1, 0.15) is 13.8 Å². The Bertz CT molecular complexity index is 475. The van der Waals surface area contributed by atoms with Gasteiger partial charge in [0.05, 0.1) is 5.69 Å². The number of anilines is 1. The number of nitrogen functional groups attached to an aromatic ring is 1. The van der Waals surface area contributed by atoms with Gasteiger partial charge in [0.25, 0.3) is 0 Å². The molecule has 0 radical (unpaired) electrons. The molecule has 2 heterocycles. The zero-order valence-electron chi connectivity index (χ0n) is 9.46. The normalized spacial score (nSPS) is 10.9. The van der Waals surface area contributed by atoms with E-state index in [0.717, 1.165) is 17.9 Å². The minimum atomic E-state index is 0.545. The number of hydrogen-bond donors (Lipinski definition) is 1. The van der Waals surface area contributed by atoms with Crippen molar-refractivity contribution >= 4 is 5.69 Å². The van der Waals surface area contributed by atoms with Crippen LogP contribution in [0.3, 0.4) is 0 Å². The second-order valence-electron chi connectivity index (χ2n) is 4.21. The van der Waals surface area contributed by atoms with Crippen molar-refractivity contribution in [2.45, 2.75) is 20.4 Å². The highest BCUT2D eigenvalue weighted by atomic mass is 15.3. The monoisotopic (exact) mass is 217 g/mol. The van der Waals surface area contributed by atoms with E-state index in [0.29, 0.717) is 11.6 Å². The molecular formula is C11H15N5. The minimum Gasteiger partial charge on any atom is -0.397 e. The second kappa shape index (κ2) is 4.30. The van der Waals surface area contributed by atoms with Gasteiger partial charge in [-0.3, -0.25) is 4.98 Å². The number of rotatable bonds is 3. The summed E-state index contributed by atoms with van der Waals surface area (Å²) in [6.45, 7) is 5.19. The van der Waals surface area contributed by atoms with Gasteiger partial charge in [-0.2, -0.15) is 0 Å². The average molecular weight is 217 g/mol. The van der Waals surface area contributed by atoms with Gasteiger partial charge in [-0.05, 0) is 12.0 Å². The molecule has 0 unspecified atom stereocenters. The molecule has 0 saturated heterocycles. The number of aromatic nitrogens is 4. The van der Waals surface area contributed by atoms with Crippen molar-refractivity contribution in [3.05, 3.63) is 24.8 Å². The minimum absolute atomic E-state index is 0.545. The van der Waals surface area contributed by atoms with E-state index in [9.17, 15) is 0 Å². The van der Waals surface area contributed by atoms with E-state index >= 15 is 0 Å². The molecule has 0 atom stereocenters. The van der Waals surface area contributed by atoms with Crippen molar-refractivity contribution in [1.29, 1.82) is 0 Å². The second-order valence-corrected chi connectivity index (χ2v) is 4.21. The number of pyridine rings is 1. The topological polar surface area (TPSA) is 69.6 Å². The molecule has 16 heavy (non-hydrogen) atoms. The Morgan fingerprint density at radius 2 is 2.19 bits per heavy atom. The molecule has 0 aliphatic rings. The summed E-state index contributed by atoms with van der Waals surface area (Å²) in [5.41, 5.74) is 7.23. The van der Waals surface area contributed by atoms with Crippen LogP contribution in [0.5, 0.6) is 0 Å². The molecular weight excluding hydrogens is 202 g/mol. The number of hydrogen-bond acceptors (Lipinski definition) is 4. The van der Waals surface area contributed by atoms with Gasteiger partial charge in [-0.1, -0.05) is 13.8 Å². The summed E-state index contributed by atoms with van der Waals surface area (Å²) in [6, 6.07) is 1.86. The highest BCUT2D eigenvalue weighted by Gasteiger charge is 2.08. The summed E-state index contributed by atoms with van der Waals surface area (Å²) in [4.78, 5) is 4.05. The van der Waals surface area contributed by atoms with Gasteiger partial charge in [0.2, 0.25) is 0 Å². The average Bonchev–Trinajstić information content (AvgIpc) is 2.65. The number of nitrogens with zero attached hydrogens (tertiary/aromatic N) is 4. The van der Waals surface area contributed by atoms with Crippen molar-refractivity contribution in [2.75, 3.05) is 5.73 Å². The molecule has 5 nitrogen and oxygen atoms in total. The lowest BCUT2D eigenvalue weighted by molar-refractivity contribution is 0.525. The van der Waals surface area contributed by atoms with Gasteiger partial charge in [0.15, 0.2) is 5.82 Å². The molecule has 0 aliphatic carbocycles. The zero-order chi connectivity index (χ0) is 11.5. The highest BCUT2D eigenvalue weighted by molar-refractivity contribution is 5.58. The van der Waals surface area contributed by atoms with Crippen molar-refractivity contribution < 1.29 is 0 Å². The first-order valence-corrected chi connectivity index (χ1v) is 5.25. The van der Waals surface area contributed by atoms with Crippen LogP contribution in [0.15, 0.2) is 24.8 Å². The predicted octanol–water partition coefficient (Wildman–Crippen LogP) is 1.58. The van der Waals surface area contributed by atoms with Gasteiger partial charge >= 0.3 is 0 Å². The molecule has 0 aromatic carbocycles. The Balaban J connectivity index is 2.37. The van der Waals surface area contributed by atoms with Crippen LogP contribution in [0.4, 0.5) is 5.69 Å². The van der Waals surface area contributed by atoms with E-state index in [1.807, 2.05) is 10.6 Å². The first kappa shape index (κ1) is 10.6. The third-order valence-electron chi connectivity index (χ3n) is 2.19. The summed E-state index contributed by atoms with van der Waals surface area (Å²) < 4.78 is 2.02. The Kier molecular flexibility index (Phi) is 2.85. The number of nitrogens with two attached hydrogens (primary N) is 1. The van der Waals surface area contributed by atoms with Crippen LogP contribution >= 0.6 is 0 Å². The Morgan fingerprint density at radius 1 is 1.38 bits per heavy atom. The third-order valence-corrected chi connectivity index (χ3v) is 2.19. The summed E-state index contributed by atoms with van der Waals surface area (Å²) in [7, 11) is 0. The maximum atomic E-state index is 5.70. The van der Waals surface area contributed by atoms with Crippen LogP contribution in [0.25, 0.3) is 11.4 Å². The molecule has 2 rings (SSSR count). The molecule has 0 amide bonds. The molecule has 0 aliphatic heterocycles. The van der Waals surface area contributed by atoms with Crippen LogP contribution in [-0.4, -0.2) is 19.7 Å². The largest absolute Gasteiger partial charge is 0.397 e. The maximum absolute atomic E-state index is 5.70. The Hall–Kier alpha value is -1.91. The fourth-order valence-corrected chi connectivity index (χ4v) is 1.59. The molecule has 0 spiro atoms. The first-order chi connectivity index (χ1) is 7.66. The first-order valence-electron chi connectivity index (χ1n) is 5.25. The standard InChI is InChI=1S/C11H15N5/c1-8(2)6-16-7-14-15-11(16)9-3-10(12)5-13-4-9/h3-5,7-8H,6,12H2,1-2H3. The van der Waals surface area contributed by atoms with Gasteiger partial charge in [-0.15, -0.1) is 10.2 Å². The van der Waals surface area contributed by atoms with E-state index in [1.54, 1.807) is 18.7 Å². The summed E-state index contributed by atoms with van der Waals surface area (Å²) >= 11 is 0. The summed E-state index contributed by atoms with van der Waals surface area (Å²) in [5, 5.41) is 8.02. The molecule has 2 aromatic heterocycles. The van der Waals surface area contributed by atoms with E-state index in [1.165, 1.54) is 0 Å². The lowest BCUT2D eigenvalue weighted by Crippen LogP contribution is -2.05. The molecule has 84 valence electrons. The van der Waals surface area contributed by atoms with Gasteiger partial charge in [0.1, 0.15) is 6.33 Å². The third kappa shape index (κ3) is 2.18. The Labute approximate surface area is 94.3 Å². The zero-order valence-corrected chi connectivity index (χ0v) is 9.46. The molecule has 0 fully saturated rings. The van der Waals surface area contributed by atoms with E-state index in [4.69, 9.17) is 5.73 Å². The fraction of sp³-hybridized carbons (Fsp3) is 0.364. The highest BCUT2D eigenvalue weighted by Crippen LogP contribution is 2.18. The van der Waals surface area contributed by atoms with Gasteiger partial charge in [0, 0.05) is 24.5 Å². The molecule has 2 N–H and O–H groups in total. The van der Waals surface area contributed by atoms with Crippen LogP contribution < -0.4 is 5.73 Å². The van der Waals surface area contributed by atoms with Gasteiger partial charge < -0.3 is 10.3 Å². The predicted molar refractivity (Wildman–Crippen MR) is 62.5 cm³/mol. The molecule has 2 aromatic rings. The molecule has 0 bridgehead atoms. The summed E-state index contributed by atoms with van der Waals surface area (Å²) in [5.74, 6) is 1.36. The fourth-order valence-electron chi connectivity index (χ4n) is 1.59. The van der Waals surface area contributed by atoms with E-state index in [-0.39, 0.29) is 0 Å². The van der Waals surface area contributed by atoms with Crippen molar-refractivity contribution in [1.82, 2.24) is 19.7 Å². The maximum Gasteiger partial charge on any atom is 0.165 e. The quantitative estimate of drug-likeness (QED) is 0.847. The van der Waals surface area contributed by atoms with Crippen LogP contribution in [0, 0.1) is 5.92 Å². The molecule has 5 heteroatoms. The van der Waals surface area contributed by atoms with Gasteiger partial charge in [-0.25, -0.2) is 0 Å². The SMILES string of the molecule is CC(C)Cn1cnnc1-c1cncc(N)c1. The Morgan fingerprint density at radius 3 is 2.88 bits per heavy atom. The molecule has 0 saturated carbocycles. The summed E-state index contributed by atoms with van der Waals surface area (Å²) in [6.07, 6.45) is 5.10.